The van der Waals surface area contributed by atoms with Crippen molar-refractivity contribution in [1.29, 1.82) is 0 Å². The molecule has 3 rings (SSSR count). The molecule has 1 aliphatic heterocycles. The Hall–Kier alpha value is -1.95. The zero-order valence-corrected chi connectivity index (χ0v) is 20.0. The number of ether oxygens (including phenoxy) is 1. The average molecular weight is 450 g/mol. The van der Waals surface area contributed by atoms with E-state index in [1.165, 1.54) is 0 Å². The molecule has 31 heavy (non-hydrogen) atoms. The molecule has 0 atom stereocenters. The molecule has 3 amide bonds. The summed E-state index contributed by atoms with van der Waals surface area (Å²) < 4.78 is 5.52. The van der Waals surface area contributed by atoms with E-state index in [0.29, 0.717) is 24.7 Å². The molecule has 2 aliphatic rings. The molecule has 172 valence electrons. The fraction of sp³-hybridized carbons (Fsp3) is 0.667. The average Bonchev–Trinajstić information content (AvgIpc) is 3.16. The number of nitrogens with two attached hydrogens (primary N) is 1. The number of carbonyl (C=O) groups is 2. The van der Waals surface area contributed by atoms with Crippen molar-refractivity contribution in [2.75, 3.05) is 19.6 Å². The lowest BCUT2D eigenvalue weighted by Crippen LogP contribution is -2.56. The van der Waals surface area contributed by atoms with E-state index in [2.05, 4.69) is 6.92 Å². The number of hydrogen-bond donors (Lipinski definition) is 1. The van der Waals surface area contributed by atoms with Crippen molar-refractivity contribution < 1.29 is 14.3 Å². The van der Waals surface area contributed by atoms with Gasteiger partial charge in [-0.25, -0.2) is 9.59 Å². The Morgan fingerprint density at radius 1 is 1.10 bits per heavy atom. The summed E-state index contributed by atoms with van der Waals surface area (Å²) in [5.74, 6) is 0. The van der Waals surface area contributed by atoms with Gasteiger partial charge in [0, 0.05) is 24.7 Å². The number of nitrogens with zero attached hydrogens (tertiary/aromatic N) is 2. The first kappa shape index (κ1) is 23.7. The first-order valence-corrected chi connectivity index (χ1v) is 11.6. The fourth-order valence-corrected chi connectivity index (χ4v) is 5.10. The highest BCUT2D eigenvalue weighted by Crippen LogP contribution is 2.46. The zero-order valence-electron chi connectivity index (χ0n) is 19.2. The van der Waals surface area contributed by atoms with Gasteiger partial charge >= 0.3 is 12.1 Å². The smallest absolute Gasteiger partial charge is 0.410 e. The first-order chi connectivity index (χ1) is 14.4. The van der Waals surface area contributed by atoms with Crippen LogP contribution in [-0.2, 0) is 10.3 Å². The normalized spacial score (nSPS) is 20.4. The highest BCUT2D eigenvalue weighted by molar-refractivity contribution is 6.30. The number of halogens is 1. The molecular weight excluding hydrogens is 414 g/mol. The molecule has 2 fully saturated rings. The molecule has 2 N–H and O–H groups in total. The second-order valence-corrected chi connectivity index (χ2v) is 10.9. The molecule has 0 aromatic heterocycles. The summed E-state index contributed by atoms with van der Waals surface area (Å²) in [7, 11) is 0. The maximum atomic E-state index is 12.7. The molecule has 1 aromatic carbocycles. The van der Waals surface area contributed by atoms with Crippen LogP contribution >= 0.6 is 11.6 Å². The van der Waals surface area contributed by atoms with Gasteiger partial charge in [0.2, 0.25) is 0 Å². The van der Waals surface area contributed by atoms with Crippen molar-refractivity contribution in [2.24, 2.45) is 11.1 Å². The number of likely N-dealkylation sites (tertiary alicyclic amines) is 1. The van der Waals surface area contributed by atoms with Gasteiger partial charge < -0.3 is 20.3 Å². The first-order valence-electron chi connectivity index (χ1n) is 11.3. The minimum atomic E-state index is -0.506. The summed E-state index contributed by atoms with van der Waals surface area (Å²) in [6.45, 7) is 9.63. The second-order valence-electron chi connectivity index (χ2n) is 10.4. The van der Waals surface area contributed by atoms with Crippen LogP contribution in [0.15, 0.2) is 24.3 Å². The Labute approximate surface area is 191 Å². The lowest BCUT2D eigenvalue weighted by Gasteiger charge is -2.48. The Bertz CT molecular complexity index is 789. The number of primary amides is 1. The van der Waals surface area contributed by atoms with Gasteiger partial charge in [-0.1, -0.05) is 43.5 Å². The standard InChI is InChI=1S/C24H36ClN3O3/c1-22(2,3)31-21(30)27-15-13-23(4,14-16-27)17-28(20(26)29)24(11-5-6-12-24)18-7-9-19(25)10-8-18/h7-10H,5-6,11-17H2,1-4H3,(H2,26,29). The topological polar surface area (TPSA) is 75.9 Å². The molecule has 1 heterocycles. The van der Waals surface area contributed by atoms with E-state index in [1.54, 1.807) is 4.90 Å². The summed E-state index contributed by atoms with van der Waals surface area (Å²) in [6.07, 6.45) is 5.26. The van der Waals surface area contributed by atoms with E-state index >= 15 is 0 Å². The third-order valence-electron chi connectivity index (χ3n) is 6.76. The van der Waals surface area contributed by atoms with Crippen molar-refractivity contribution in [3.63, 3.8) is 0 Å². The summed E-state index contributed by atoms with van der Waals surface area (Å²) in [6, 6.07) is 7.44. The van der Waals surface area contributed by atoms with Crippen LogP contribution < -0.4 is 5.73 Å². The summed E-state index contributed by atoms with van der Waals surface area (Å²) in [5.41, 5.74) is 6.06. The van der Waals surface area contributed by atoms with Crippen molar-refractivity contribution in [3.8, 4) is 0 Å². The minimum Gasteiger partial charge on any atom is -0.444 e. The van der Waals surface area contributed by atoms with Crippen LogP contribution in [0.1, 0.15) is 71.8 Å². The number of carbonyl (C=O) groups excluding carboxylic acids is 2. The Balaban J connectivity index is 1.76. The second kappa shape index (κ2) is 8.89. The third kappa shape index (κ3) is 5.46. The molecule has 0 bridgehead atoms. The molecule has 6 nitrogen and oxygen atoms in total. The van der Waals surface area contributed by atoms with Crippen molar-refractivity contribution in [2.45, 2.75) is 77.4 Å². The maximum absolute atomic E-state index is 12.7. The zero-order chi connectivity index (χ0) is 22.9. The van der Waals surface area contributed by atoms with Crippen LogP contribution in [0.3, 0.4) is 0 Å². The molecule has 0 spiro atoms. The van der Waals surface area contributed by atoms with Crippen molar-refractivity contribution >= 4 is 23.7 Å². The monoisotopic (exact) mass is 449 g/mol. The van der Waals surface area contributed by atoms with E-state index in [0.717, 1.165) is 44.1 Å². The third-order valence-corrected chi connectivity index (χ3v) is 7.01. The molecule has 1 saturated heterocycles. The minimum absolute atomic E-state index is 0.116. The van der Waals surface area contributed by atoms with E-state index < -0.39 is 5.60 Å². The van der Waals surface area contributed by atoms with E-state index in [-0.39, 0.29) is 23.1 Å². The number of rotatable bonds is 4. The highest BCUT2D eigenvalue weighted by Gasteiger charge is 2.46. The Morgan fingerprint density at radius 3 is 2.13 bits per heavy atom. The highest BCUT2D eigenvalue weighted by atomic mass is 35.5. The fourth-order valence-electron chi connectivity index (χ4n) is 4.97. The van der Waals surface area contributed by atoms with Crippen LogP contribution in [-0.4, -0.2) is 47.2 Å². The van der Waals surface area contributed by atoms with Gasteiger partial charge in [-0.3, -0.25) is 0 Å². The summed E-state index contributed by atoms with van der Waals surface area (Å²) in [5, 5.41) is 0.684. The van der Waals surface area contributed by atoms with E-state index in [1.807, 2.05) is 49.9 Å². The van der Waals surface area contributed by atoms with Crippen molar-refractivity contribution in [3.05, 3.63) is 34.9 Å². The quantitative estimate of drug-likeness (QED) is 0.656. The lowest BCUT2D eigenvalue weighted by atomic mass is 9.77. The van der Waals surface area contributed by atoms with Gasteiger partial charge in [0.15, 0.2) is 0 Å². The molecule has 1 saturated carbocycles. The predicted molar refractivity (Wildman–Crippen MR) is 123 cm³/mol. The van der Waals surface area contributed by atoms with Crippen LogP contribution in [0.2, 0.25) is 5.02 Å². The number of urea groups is 1. The van der Waals surface area contributed by atoms with E-state index in [9.17, 15) is 9.59 Å². The molecular formula is C24H36ClN3O3. The van der Waals surface area contributed by atoms with Gasteiger partial charge in [0.05, 0.1) is 5.54 Å². The Kier molecular flexibility index (Phi) is 6.80. The molecule has 1 aliphatic carbocycles. The van der Waals surface area contributed by atoms with Gasteiger partial charge in [0.25, 0.3) is 0 Å². The molecule has 1 aromatic rings. The number of benzene rings is 1. The summed E-state index contributed by atoms with van der Waals surface area (Å²) in [4.78, 5) is 28.8. The van der Waals surface area contributed by atoms with Crippen LogP contribution in [0.4, 0.5) is 9.59 Å². The van der Waals surface area contributed by atoms with Crippen LogP contribution in [0.25, 0.3) is 0 Å². The van der Waals surface area contributed by atoms with E-state index in [4.69, 9.17) is 22.1 Å². The van der Waals surface area contributed by atoms with Crippen molar-refractivity contribution in [1.82, 2.24) is 9.80 Å². The molecule has 7 heteroatoms. The number of piperidine rings is 1. The van der Waals surface area contributed by atoms with Gasteiger partial charge in [-0.2, -0.15) is 0 Å². The number of amides is 3. The maximum Gasteiger partial charge on any atom is 0.410 e. The lowest BCUT2D eigenvalue weighted by molar-refractivity contribution is 0.00253. The summed E-state index contributed by atoms with van der Waals surface area (Å²) >= 11 is 6.12. The number of hydrogen-bond acceptors (Lipinski definition) is 3. The largest absolute Gasteiger partial charge is 0.444 e. The van der Waals surface area contributed by atoms with Gasteiger partial charge in [-0.15, -0.1) is 0 Å². The SMILES string of the molecule is CC1(CN(C(N)=O)C2(c3ccc(Cl)cc3)CCCC2)CCN(C(=O)OC(C)(C)C)CC1. The predicted octanol–water partition coefficient (Wildman–Crippen LogP) is 5.53. The van der Waals surface area contributed by atoms with Gasteiger partial charge in [-0.05, 0) is 69.6 Å². The molecule has 0 unspecified atom stereocenters. The Morgan fingerprint density at radius 2 is 1.65 bits per heavy atom. The molecule has 0 radical (unpaired) electrons. The van der Waals surface area contributed by atoms with Gasteiger partial charge in [0.1, 0.15) is 5.60 Å². The van der Waals surface area contributed by atoms with Crippen LogP contribution in [0, 0.1) is 5.41 Å². The van der Waals surface area contributed by atoms with Crippen LogP contribution in [0.5, 0.6) is 0 Å².